The fourth-order valence-electron chi connectivity index (χ4n) is 6.11. The number of hydrogen-bond acceptors (Lipinski definition) is 1. The molecule has 0 radical (unpaired) electrons. The van der Waals surface area contributed by atoms with E-state index in [-0.39, 0.29) is 22.7 Å². The molecular formula is C22H40P4S. The van der Waals surface area contributed by atoms with Crippen LogP contribution in [0.25, 0.3) is 0 Å². The van der Waals surface area contributed by atoms with Gasteiger partial charge < -0.3 is 0 Å². The van der Waals surface area contributed by atoms with Crippen molar-refractivity contribution in [2.45, 2.75) is 110 Å². The van der Waals surface area contributed by atoms with Crippen LogP contribution in [0.5, 0.6) is 0 Å². The Balaban J connectivity index is 2.05. The maximum atomic E-state index is 2.66. The molecule has 5 aliphatic heterocycles. The summed E-state index contributed by atoms with van der Waals surface area (Å²) in [5, 5.41) is 2.01. The molecule has 0 amide bonds. The van der Waals surface area contributed by atoms with Gasteiger partial charge in [0.1, 0.15) is 0 Å². The van der Waals surface area contributed by atoms with Gasteiger partial charge in [0, 0.05) is 4.90 Å². The van der Waals surface area contributed by atoms with Crippen LogP contribution >= 0.6 is 41.9 Å². The van der Waals surface area contributed by atoms with Gasteiger partial charge in [-0.25, -0.2) is 0 Å². The Morgan fingerprint density at radius 2 is 1.33 bits per heavy atom. The van der Waals surface area contributed by atoms with Crippen LogP contribution < -0.4 is 0 Å². The molecule has 0 aromatic heterocycles. The molecule has 5 heterocycles. The van der Waals surface area contributed by atoms with Crippen molar-refractivity contribution in [1.29, 1.82) is 0 Å². The Labute approximate surface area is 178 Å². The van der Waals surface area contributed by atoms with E-state index in [0.717, 1.165) is 0 Å². The minimum absolute atomic E-state index is 0.0387. The topological polar surface area (TPSA) is 0 Å². The first kappa shape index (κ1) is 22.0. The van der Waals surface area contributed by atoms with Crippen LogP contribution in [0.2, 0.25) is 0 Å². The Hall–Kier alpha value is 1.81. The zero-order chi connectivity index (χ0) is 20.6. The Morgan fingerprint density at radius 1 is 0.815 bits per heavy atom. The maximum absolute atomic E-state index is 2.66. The first-order chi connectivity index (χ1) is 12.1. The molecule has 5 aliphatic rings. The van der Waals surface area contributed by atoms with E-state index >= 15 is 0 Å². The van der Waals surface area contributed by atoms with Gasteiger partial charge in [0.05, 0.1) is 9.13 Å². The van der Waals surface area contributed by atoms with Crippen molar-refractivity contribution in [3.63, 3.8) is 0 Å². The summed E-state index contributed by atoms with van der Waals surface area (Å²) in [7, 11) is 1.94. The monoisotopic (exact) mass is 460 g/mol. The summed E-state index contributed by atoms with van der Waals surface area (Å²) in [6.07, 6.45) is 2.70. The molecule has 0 aromatic rings. The van der Waals surface area contributed by atoms with Crippen molar-refractivity contribution >= 4 is 47.0 Å². The molecule has 4 saturated heterocycles. The maximum Gasteiger partial charge on any atom is 0.0780 e. The lowest BCUT2D eigenvalue weighted by molar-refractivity contribution is 0.267. The molecule has 3 unspecified atom stereocenters. The molecule has 4 fully saturated rings. The van der Waals surface area contributed by atoms with Crippen LogP contribution in [0, 0.1) is 21.7 Å². The third-order valence-corrected chi connectivity index (χ3v) is 36.0. The van der Waals surface area contributed by atoms with Crippen LogP contribution in [0.15, 0.2) is 0 Å². The molecule has 0 nitrogen and oxygen atoms in total. The second kappa shape index (κ2) is 5.59. The predicted octanol–water partition coefficient (Wildman–Crippen LogP) is 10.1. The van der Waals surface area contributed by atoms with Crippen molar-refractivity contribution in [2.24, 2.45) is 21.7 Å². The van der Waals surface area contributed by atoms with Crippen molar-refractivity contribution in [1.82, 2.24) is 0 Å². The summed E-state index contributed by atoms with van der Waals surface area (Å²) in [5.41, 5.74) is 1.81. The standard InChI is InChI=1S/C22H40P4S/c1-13-18(9,10)21-20(17(6,7)8)24-15(16(3,4)5)23-25(21)22(24,27-26(20)21)19(11,12)14-2/h13-14H2,1-12H3/t20-,21+,22+,24?,25?,26?/m0/s1. The second-order valence-electron chi connectivity index (χ2n) is 12.4. The number of rotatable bonds is 4. The van der Waals surface area contributed by atoms with E-state index in [9.17, 15) is 0 Å². The molecular weight excluding hydrogens is 420 g/mol. The normalized spacial score (nSPS) is 46.1. The third-order valence-electron chi connectivity index (χ3n) is 8.18. The van der Waals surface area contributed by atoms with Gasteiger partial charge >= 0.3 is 0 Å². The molecule has 5 rings (SSSR count). The first-order valence-corrected chi connectivity index (χ1v) is 17.8. The van der Waals surface area contributed by atoms with Crippen LogP contribution in [0.4, 0.5) is 0 Å². The van der Waals surface area contributed by atoms with E-state index in [1.165, 1.54) is 12.8 Å². The minimum Gasteiger partial charge on any atom is -0.114 e. The summed E-state index contributed by atoms with van der Waals surface area (Å²) < 4.78 is 0.613. The molecule has 0 aromatic carbocycles. The van der Waals surface area contributed by atoms with Crippen molar-refractivity contribution in [2.75, 3.05) is 0 Å². The fraction of sp³-hybridized carbons (Fsp3) is 0.955. The quantitative estimate of drug-likeness (QED) is 0.376. The van der Waals surface area contributed by atoms with E-state index in [1.54, 1.807) is 0 Å². The lowest BCUT2D eigenvalue weighted by Gasteiger charge is -2.47. The van der Waals surface area contributed by atoms with Gasteiger partial charge in [-0.2, -0.15) is 0 Å². The molecule has 154 valence electrons. The SMILES string of the molecule is CCC(C)(C)[C@@]12SP3[C@]4(C(C)(C)C)P1C(C(C)(C)C)=PP2[C@]34C(C)(C)CC. The summed E-state index contributed by atoms with van der Waals surface area (Å²) in [5.74, 6) is 0. The van der Waals surface area contributed by atoms with Crippen molar-refractivity contribution in [3.05, 3.63) is 0 Å². The lowest BCUT2D eigenvalue weighted by Crippen LogP contribution is -2.43. The zero-order valence-corrected chi connectivity index (χ0v) is 24.0. The summed E-state index contributed by atoms with van der Waals surface area (Å²) in [6.45, 7) is 31.1. The van der Waals surface area contributed by atoms with Crippen LogP contribution in [0.1, 0.15) is 95.9 Å². The Kier molecular flexibility index (Phi) is 4.56. The van der Waals surface area contributed by atoms with Crippen LogP contribution in [-0.4, -0.2) is 19.1 Å². The summed E-state index contributed by atoms with van der Waals surface area (Å²) in [6, 6.07) is 0. The van der Waals surface area contributed by atoms with Gasteiger partial charge in [0.15, 0.2) is 0 Å². The van der Waals surface area contributed by atoms with Gasteiger partial charge in [0.2, 0.25) is 0 Å². The van der Waals surface area contributed by atoms with E-state index in [1.807, 2.05) is 12.9 Å². The molecule has 0 saturated carbocycles. The van der Waals surface area contributed by atoms with E-state index in [4.69, 9.17) is 0 Å². The highest BCUT2D eigenvalue weighted by atomic mass is 32.7. The molecule has 0 aliphatic carbocycles. The molecule has 27 heavy (non-hydrogen) atoms. The van der Waals surface area contributed by atoms with Gasteiger partial charge in [0.25, 0.3) is 0 Å². The number of hydrogen-bond donors (Lipinski definition) is 0. The summed E-state index contributed by atoms with van der Waals surface area (Å²) in [4.78, 5) is 1.34. The van der Waals surface area contributed by atoms with Gasteiger partial charge in [-0.1, -0.05) is 91.0 Å². The molecule has 0 spiro atoms. The second-order valence-corrected chi connectivity index (χ2v) is 25.6. The average Bonchev–Trinajstić information content (AvgIpc) is 2.86. The smallest absolute Gasteiger partial charge is 0.0780 e. The highest BCUT2D eigenvalue weighted by Gasteiger charge is 3.04. The highest BCUT2D eigenvalue weighted by molar-refractivity contribution is 8.77. The van der Waals surface area contributed by atoms with Crippen LogP contribution in [-0.2, 0) is 0 Å². The Bertz CT molecular complexity index is 728. The van der Waals surface area contributed by atoms with E-state index in [2.05, 4.69) is 94.5 Å². The van der Waals surface area contributed by atoms with Crippen molar-refractivity contribution in [3.8, 4) is 0 Å². The van der Waals surface area contributed by atoms with E-state index in [0.29, 0.717) is 35.7 Å². The minimum atomic E-state index is -0.0387. The highest BCUT2D eigenvalue weighted by Crippen LogP contribution is 3.31. The fourth-order valence-corrected chi connectivity index (χ4v) is 49.6. The third kappa shape index (κ3) is 1.98. The first-order valence-electron chi connectivity index (χ1n) is 10.7. The molecule has 0 N–H and O–H groups in total. The van der Waals surface area contributed by atoms with E-state index < -0.39 is 0 Å². The zero-order valence-electron chi connectivity index (χ0n) is 19.6. The molecule has 6 atom stereocenters. The summed E-state index contributed by atoms with van der Waals surface area (Å²) >= 11 is 2.61. The van der Waals surface area contributed by atoms with Gasteiger partial charge in [-0.05, 0) is 62.2 Å². The Morgan fingerprint density at radius 3 is 1.74 bits per heavy atom. The van der Waals surface area contributed by atoms with Crippen molar-refractivity contribution < 1.29 is 0 Å². The molecule has 6 bridgehead atoms. The van der Waals surface area contributed by atoms with Gasteiger partial charge in [-0.3, -0.25) is 0 Å². The molecule has 5 heteroatoms. The largest absolute Gasteiger partial charge is 0.114 e. The lowest BCUT2D eigenvalue weighted by atomic mass is 9.77. The van der Waals surface area contributed by atoms with Crippen LogP contribution in [0.3, 0.4) is 0 Å². The average molecular weight is 461 g/mol. The van der Waals surface area contributed by atoms with Gasteiger partial charge in [-0.15, -0.1) is 11.4 Å². The predicted molar refractivity (Wildman–Crippen MR) is 136 cm³/mol.